The number of aliphatic carboxylic acids is 1. The molecule has 3 N–H and O–H groups in total. The SMILES string of the molecule is NCC1CC1[N+](=O)[O-].O=C(O)C(F)(F)F. The summed E-state index contributed by atoms with van der Waals surface area (Å²) in [6.45, 7) is 0.464. The number of carboxylic acid groups (broad SMARTS) is 1. The maximum atomic E-state index is 10.6. The third kappa shape index (κ3) is 5.15. The van der Waals surface area contributed by atoms with Crippen LogP contribution in [0, 0.1) is 16.0 Å². The maximum Gasteiger partial charge on any atom is 0.490 e. The lowest BCUT2D eigenvalue weighted by atomic mass is 10.4. The zero-order valence-electron chi connectivity index (χ0n) is 7.40. The van der Waals surface area contributed by atoms with Crippen molar-refractivity contribution in [2.24, 2.45) is 11.7 Å². The van der Waals surface area contributed by atoms with Gasteiger partial charge in [0.2, 0.25) is 6.04 Å². The monoisotopic (exact) mass is 230 g/mol. The Labute approximate surface area is 82.0 Å². The molecule has 0 spiro atoms. The van der Waals surface area contributed by atoms with Crippen LogP contribution in [-0.4, -0.2) is 34.8 Å². The van der Waals surface area contributed by atoms with Gasteiger partial charge in [-0.2, -0.15) is 13.2 Å². The molecule has 0 heterocycles. The largest absolute Gasteiger partial charge is 0.490 e. The minimum Gasteiger partial charge on any atom is -0.475 e. The number of nitro groups is 1. The molecule has 0 amide bonds. The van der Waals surface area contributed by atoms with Gasteiger partial charge in [-0.25, -0.2) is 4.79 Å². The van der Waals surface area contributed by atoms with Crippen LogP contribution in [0.15, 0.2) is 0 Å². The van der Waals surface area contributed by atoms with Crippen molar-refractivity contribution in [2.45, 2.75) is 18.6 Å². The molecule has 0 aliphatic heterocycles. The van der Waals surface area contributed by atoms with Crippen LogP contribution >= 0.6 is 0 Å². The minimum atomic E-state index is -5.08. The van der Waals surface area contributed by atoms with E-state index >= 15 is 0 Å². The van der Waals surface area contributed by atoms with E-state index in [0.29, 0.717) is 13.0 Å². The molecule has 1 saturated carbocycles. The van der Waals surface area contributed by atoms with Crippen LogP contribution in [0.1, 0.15) is 6.42 Å². The van der Waals surface area contributed by atoms with E-state index in [1.165, 1.54) is 0 Å². The fourth-order valence-corrected chi connectivity index (χ4v) is 0.743. The van der Waals surface area contributed by atoms with Crippen LogP contribution in [0.2, 0.25) is 0 Å². The number of halogens is 3. The first-order chi connectivity index (χ1) is 6.70. The molecule has 0 aromatic carbocycles. The van der Waals surface area contributed by atoms with Crippen molar-refractivity contribution in [1.29, 1.82) is 0 Å². The summed E-state index contributed by atoms with van der Waals surface area (Å²) in [6.07, 6.45) is -4.40. The summed E-state index contributed by atoms with van der Waals surface area (Å²) >= 11 is 0. The van der Waals surface area contributed by atoms with E-state index in [1.54, 1.807) is 0 Å². The van der Waals surface area contributed by atoms with E-state index in [2.05, 4.69) is 0 Å². The second-order valence-electron chi connectivity index (χ2n) is 2.89. The fraction of sp³-hybridized carbons (Fsp3) is 0.833. The summed E-state index contributed by atoms with van der Waals surface area (Å²) in [5, 5.41) is 17.0. The van der Waals surface area contributed by atoms with Crippen molar-refractivity contribution < 1.29 is 28.0 Å². The Morgan fingerprint density at radius 1 is 1.60 bits per heavy atom. The van der Waals surface area contributed by atoms with Crippen LogP contribution in [0.25, 0.3) is 0 Å². The molecule has 1 aliphatic rings. The summed E-state index contributed by atoms with van der Waals surface area (Å²) < 4.78 is 31.7. The van der Waals surface area contributed by atoms with Crippen molar-refractivity contribution in [3.63, 3.8) is 0 Å². The third-order valence-corrected chi connectivity index (χ3v) is 1.70. The summed E-state index contributed by atoms with van der Waals surface area (Å²) in [7, 11) is 0. The first-order valence-electron chi connectivity index (χ1n) is 3.83. The van der Waals surface area contributed by atoms with E-state index in [4.69, 9.17) is 15.6 Å². The van der Waals surface area contributed by atoms with Gasteiger partial charge >= 0.3 is 12.1 Å². The van der Waals surface area contributed by atoms with Crippen molar-refractivity contribution in [3.8, 4) is 0 Å². The van der Waals surface area contributed by atoms with Gasteiger partial charge in [0.1, 0.15) is 0 Å². The molecule has 0 bridgehead atoms. The third-order valence-electron chi connectivity index (χ3n) is 1.70. The van der Waals surface area contributed by atoms with Crippen LogP contribution in [-0.2, 0) is 4.79 Å². The smallest absolute Gasteiger partial charge is 0.475 e. The van der Waals surface area contributed by atoms with E-state index < -0.39 is 12.1 Å². The Bertz CT molecular complexity index is 255. The number of alkyl halides is 3. The highest BCUT2D eigenvalue weighted by atomic mass is 19.4. The van der Waals surface area contributed by atoms with Gasteiger partial charge in [0.15, 0.2) is 0 Å². The second kappa shape index (κ2) is 4.91. The highest BCUT2D eigenvalue weighted by Gasteiger charge is 2.46. The number of rotatable bonds is 2. The number of carbonyl (C=O) groups is 1. The molecule has 6 nitrogen and oxygen atoms in total. The van der Waals surface area contributed by atoms with E-state index in [1.807, 2.05) is 0 Å². The Morgan fingerprint density at radius 2 is 2.00 bits per heavy atom. The normalized spacial score (nSPS) is 23.7. The number of nitrogens with two attached hydrogens (primary N) is 1. The maximum absolute atomic E-state index is 10.6. The molecular formula is C6H9F3N2O4. The molecule has 1 rings (SSSR count). The quantitative estimate of drug-likeness (QED) is 0.522. The van der Waals surface area contributed by atoms with Crippen LogP contribution in [0.3, 0.4) is 0 Å². The van der Waals surface area contributed by atoms with Gasteiger partial charge in [-0.1, -0.05) is 0 Å². The first kappa shape index (κ1) is 13.6. The van der Waals surface area contributed by atoms with E-state index in [-0.39, 0.29) is 16.9 Å². The van der Waals surface area contributed by atoms with Crippen molar-refractivity contribution in [1.82, 2.24) is 0 Å². The molecule has 9 heteroatoms. The van der Waals surface area contributed by atoms with Gasteiger partial charge in [-0.15, -0.1) is 0 Å². The predicted octanol–water partition coefficient (Wildman–Crippen LogP) is 0.244. The first-order valence-corrected chi connectivity index (χ1v) is 3.83. The molecule has 15 heavy (non-hydrogen) atoms. The molecule has 0 aromatic rings. The van der Waals surface area contributed by atoms with Gasteiger partial charge in [0, 0.05) is 23.8 Å². The number of hydrogen-bond donors (Lipinski definition) is 2. The molecule has 0 aromatic heterocycles. The molecule has 2 atom stereocenters. The fourth-order valence-electron chi connectivity index (χ4n) is 0.743. The van der Waals surface area contributed by atoms with Gasteiger partial charge < -0.3 is 10.8 Å². The standard InChI is InChI=1S/C4H8N2O2.C2HF3O2/c5-2-3-1-4(3)6(7)8;3-2(4,5)1(6)7/h3-4H,1-2,5H2;(H,6,7). The molecule has 0 saturated heterocycles. The van der Waals surface area contributed by atoms with Crippen molar-refractivity contribution in [3.05, 3.63) is 10.1 Å². The molecule has 1 aliphatic carbocycles. The highest BCUT2D eigenvalue weighted by Crippen LogP contribution is 2.31. The minimum absolute atomic E-state index is 0.171. The number of hydrogen-bond acceptors (Lipinski definition) is 4. The number of nitrogens with zero attached hydrogens (tertiary/aromatic N) is 1. The Morgan fingerprint density at radius 3 is 2.07 bits per heavy atom. The van der Waals surface area contributed by atoms with Crippen LogP contribution in [0.4, 0.5) is 13.2 Å². The lowest BCUT2D eigenvalue weighted by Crippen LogP contribution is -2.21. The Balaban J connectivity index is 0.000000265. The summed E-state index contributed by atoms with van der Waals surface area (Å²) in [6, 6.07) is -0.319. The van der Waals surface area contributed by atoms with E-state index in [0.717, 1.165) is 0 Å². The van der Waals surface area contributed by atoms with Crippen molar-refractivity contribution >= 4 is 5.97 Å². The number of carboxylic acids is 1. The van der Waals surface area contributed by atoms with Gasteiger partial charge in [-0.3, -0.25) is 10.1 Å². The second-order valence-corrected chi connectivity index (χ2v) is 2.89. The average molecular weight is 230 g/mol. The predicted molar refractivity (Wildman–Crippen MR) is 41.6 cm³/mol. The highest BCUT2D eigenvalue weighted by molar-refractivity contribution is 5.73. The lowest BCUT2D eigenvalue weighted by Gasteiger charge is -1.93. The topological polar surface area (TPSA) is 106 Å². The summed E-state index contributed by atoms with van der Waals surface area (Å²) in [5.74, 6) is -2.59. The molecule has 1 fully saturated rings. The lowest BCUT2D eigenvalue weighted by molar-refractivity contribution is -0.498. The van der Waals surface area contributed by atoms with Gasteiger partial charge in [0.05, 0.1) is 0 Å². The molecule has 2 unspecified atom stereocenters. The summed E-state index contributed by atoms with van der Waals surface area (Å²) in [5.41, 5.74) is 5.16. The Kier molecular flexibility index (Phi) is 4.46. The van der Waals surface area contributed by atoms with Gasteiger partial charge in [-0.05, 0) is 0 Å². The molecule has 88 valence electrons. The zero-order valence-corrected chi connectivity index (χ0v) is 7.40. The molecule has 0 radical (unpaired) electrons. The van der Waals surface area contributed by atoms with Crippen LogP contribution < -0.4 is 5.73 Å². The molecular weight excluding hydrogens is 221 g/mol. The zero-order chi connectivity index (χ0) is 12.2. The van der Waals surface area contributed by atoms with Crippen LogP contribution in [0.5, 0.6) is 0 Å². The Hall–Kier alpha value is -1.38. The van der Waals surface area contributed by atoms with Crippen molar-refractivity contribution in [2.75, 3.05) is 6.54 Å². The van der Waals surface area contributed by atoms with Gasteiger partial charge in [0.25, 0.3) is 0 Å². The summed E-state index contributed by atoms with van der Waals surface area (Å²) in [4.78, 5) is 18.5. The average Bonchev–Trinajstić information content (AvgIpc) is 2.81. The van der Waals surface area contributed by atoms with E-state index in [9.17, 15) is 23.3 Å².